The van der Waals surface area contributed by atoms with Gasteiger partial charge < -0.3 is 0 Å². The number of fused-ring (bicyclic) bond motifs is 2. The summed E-state index contributed by atoms with van der Waals surface area (Å²) in [4.78, 5) is 11.6. The Kier molecular flexibility index (Phi) is 3.14. The topological polar surface area (TPSA) is 17.1 Å². The fraction of sp³-hybridized carbons (Fsp3) is 0.389. The number of hydrogen-bond acceptors (Lipinski definition) is 1. The highest BCUT2D eigenvalue weighted by molar-refractivity contribution is 5.90. The monoisotopic (exact) mass is 252 g/mol. The van der Waals surface area contributed by atoms with Crippen molar-refractivity contribution >= 4 is 16.6 Å². The maximum Gasteiger partial charge on any atom is 0.137 e. The molecule has 1 aliphatic carbocycles. The van der Waals surface area contributed by atoms with Gasteiger partial charge >= 0.3 is 0 Å². The second kappa shape index (κ2) is 4.80. The van der Waals surface area contributed by atoms with Gasteiger partial charge in [0.25, 0.3) is 0 Å². The van der Waals surface area contributed by atoms with Gasteiger partial charge in [0.15, 0.2) is 0 Å². The number of hydrogen-bond donors (Lipinski definition) is 0. The number of benzene rings is 2. The van der Waals surface area contributed by atoms with Gasteiger partial charge in [0.2, 0.25) is 0 Å². The minimum absolute atomic E-state index is 0.380. The summed E-state index contributed by atoms with van der Waals surface area (Å²) in [6, 6.07) is 11.1. The molecular weight excluding hydrogens is 232 g/mol. The Hall–Kier alpha value is -1.63. The second-order valence-corrected chi connectivity index (χ2v) is 6.07. The van der Waals surface area contributed by atoms with Crippen LogP contribution in [0.1, 0.15) is 37.0 Å². The van der Waals surface area contributed by atoms with E-state index in [2.05, 4.69) is 44.2 Å². The summed E-state index contributed by atoms with van der Waals surface area (Å²) < 4.78 is 0. The Bertz CT molecular complexity index is 637. The molecule has 2 aromatic carbocycles. The Morgan fingerprint density at radius 1 is 1.11 bits per heavy atom. The largest absolute Gasteiger partial charge is 0.299 e. The Balaban J connectivity index is 2.14. The third-order valence-electron chi connectivity index (χ3n) is 3.98. The van der Waals surface area contributed by atoms with Crippen molar-refractivity contribution in [1.82, 2.24) is 0 Å². The lowest BCUT2D eigenvalue weighted by molar-refractivity contribution is -0.118. The van der Waals surface area contributed by atoms with Crippen molar-refractivity contribution in [3.8, 4) is 0 Å². The van der Waals surface area contributed by atoms with E-state index in [1.807, 2.05) is 0 Å². The first-order chi connectivity index (χ1) is 9.13. The van der Waals surface area contributed by atoms with Crippen LogP contribution in [0.25, 0.3) is 10.8 Å². The van der Waals surface area contributed by atoms with Crippen molar-refractivity contribution in [2.24, 2.45) is 5.92 Å². The summed E-state index contributed by atoms with van der Waals surface area (Å²) in [5, 5.41) is 2.66. The number of rotatable bonds is 2. The zero-order chi connectivity index (χ0) is 13.4. The van der Waals surface area contributed by atoms with Crippen molar-refractivity contribution in [1.29, 1.82) is 0 Å². The van der Waals surface area contributed by atoms with Gasteiger partial charge in [0, 0.05) is 12.8 Å². The summed E-state index contributed by atoms with van der Waals surface area (Å²) in [5.74, 6) is 1.05. The molecule has 0 amide bonds. The van der Waals surface area contributed by atoms with Gasteiger partial charge in [0.05, 0.1) is 0 Å². The lowest BCUT2D eigenvalue weighted by atomic mass is 9.86. The van der Waals surface area contributed by atoms with Crippen molar-refractivity contribution in [3.63, 3.8) is 0 Å². The number of carbonyl (C=O) groups excluding carboxylic acids is 1. The molecule has 2 aromatic rings. The molecule has 98 valence electrons. The SMILES string of the molecule is CC(C)Cc1cccc2cc3c(cc12)CCC(=O)C3. The third kappa shape index (κ3) is 2.42. The summed E-state index contributed by atoms with van der Waals surface area (Å²) in [7, 11) is 0. The molecule has 0 unspecified atom stereocenters. The maximum atomic E-state index is 11.6. The smallest absolute Gasteiger partial charge is 0.137 e. The van der Waals surface area contributed by atoms with Gasteiger partial charge in [-0.2, -0.15) is 0 Å². The number of ketones is 1. The standard InChI is InChI=1S/C18H20O/c1-12(2)8-14-4-3-5-15-9-16-10-17(19)7-6-13(16)11-18(14)15/h3-5,9,11-12H,6-8,10H2,1-2H3. The lowest BCUT2D eigenvalue weighted by Crippen LogP contribution is -2.13. The van der Waals surface area contributed by atoms with Crippen LogP contribution in [-0.4, -0.2) is 5.78 Å². The van der Waals surface area contributed by atoms with Gasteiger partial charge in [-0.1, -0.05) is 44.2 Å². The van der Waals surface area contributed by atoms with Crippen LogP contribution in [0.5, 0.6) is 0 Å². The van der Waals surface area contributed by atoms with E-state index in [1.54, 1.807) is 0 Å². The Morgan fingerprint density at radius 3 is 2.74 bits per heavy atom. The molecule has 0 bridgehead atoms. The Labute approximate surface area is 114 Å². The first kappa shape index (κ1) is 12.4. The molecule has 0 aromatic heterocycles. The maximum absolute atomic E-state index is 11.6. The van der Waals surface area contributed by atoms with Crippen molar-refractivity contribution < 1.29 is 4.79 Å². The molecular formula is C18H20O. The summed E-state index contributed by atoms with van der Waals surface area (Å²) in [5.41, 5.74) is 4.06. The van der Waals surface area contributed by atoms with Crippen LogP contribution in [0.2, 0.25) is 0 Å². The predicted molar refractivity (Wildman–Crippen MR) is 79.5 cm³/mol. The summed E-state index contributed by atoms with van der Waals surface area (Å²) in [6.07, 6.45) is 3.37. The molecule has 0 radical (unpaired) electrons. The van der Waals surface area contributed by atoms with E-state index < -0.39 is 0 Å². The van der Waals surface area contributed by atoms with Crippen molar-refractivity contribution in [2.75, 3.05) is 0 Å². The normalized spacial score (nSPS) is 15.0. The second-order valence-electron chi connectivity index (χ2n) is 6.07. The molecule has 0 fully saturated rings. The molecule has 1 nitrogen and oxygen atoms in total. The van der Waals surface area contributed by atoms with E-state index in [0.717, 1.165) is 12.8 Å². The molecule has 0 spiro atoms. The van der Waals surface area contributed by atoms with E-state index in [1.165, 1.54) is 27.5 Å². The van der Waals surface area contributed by atoms with E-state index in [9.17, 15) is 4.79 Å². The third-order valence-corrected chi connectivity index (χ3v) is 3.98. The quantitative estimate of drug-likeness (QED) is 0.786. The van der Waals surface area contributed by atoms with Crippen LogP contribution in [0.3, 0.4) is 0 Å². The molecule has 1 aliphatic rings. The van der Waals surface area contributed by atoms with Crippen LogP contribution in [0.4, 0.5) is 0 Å². The highest BCUT2D eigenvalue weighted by Gasteiger charge is 2.16. The van der Waals surface area contributed by atoms with E-state index in [-0.39, 0.29) is 0 Å². The molecule has 0 saturated heterocycles. The van der Waals surface area contributed by atoms with E-state index in [4.69, 9.17) is 0 Å². The number of aryl methyl sites for hydroxylation is 1. The van der Waals surface area contributed by atoms with Gasteiger partial charge in [-0.25, -0.2) is 0 Å². The fourth-order valence-electron chi connectivity index (χ4n) is 3.07. The summed E-state index contributed by atoms with van der Waals surface area (Å²) >= 11 is 0. The predicted octanol–water partition coefficient (Wildman–Crippen LogP) is 4.10. The highest BCUT2D eigenvalue weighted by Crippen LogP contribution is 2.28. The summed E-state index contributed by atoms with van der Waals surface area (Å²) in [6.45, 7) is 4.52. The van der Waals surface area contributed by atoms with Crippen molar-refractivity contribution in [2.45, 2.75) is 39.5 Å². The number of Topliss-reactive ketones (excluding diaryl/α,β-unsaturated/α-hetero) is 1. The Morgan fingerprint density at radius 2 is 1.95 bits per heavy atom. The van der Waals surface area contributed by atoms with Gasteiger partial charge in [-0.3, -0.25) is 4.79 Å². The van der Waals surface area contributed by atoms with Gasteiger partial charge in [0.1, 0.15) is 5.78 Å². The molecule has 3 rings (SSSR count). The molecule has 0 aliphatic heterocycles. The molecule has 0 heterocycles. The molecule has 1 heteroatoms. The van der Waals surface area contributed by atoms with E-state index >= 15 is 0 Å². The van der Waals surface area contributed by atoms with Gasteiger partial charge in [-0.05, 0) is 46.2 Å². The molecule has 0 atom stereocenters. The fourth-order valence-corrected chi connectivity index (χ4v) is 3.07. The average Bonchev–Trinajstić information content (AvgIpc) is 2.36. The molecule has 0 N–H and O–H groups in total. The van der Waals surface area contributed by atoms with Crippen LogP contribution >= 0.6 is 0 Å². The molecule has 19 heavy (non-hydrogen) atoms. The first-order valence-corrected chi connectivity index (χ1v) is 7.18. The minimum atomic E-state index is 0.380. The van der Waals surface area contributed by atoms with Crippen LogP contribution in [-0.2, 0) is 24.1 Å². The van der Waals surface area contributed by atoms with Gasteiger partial charge in [-0.15, -0.1) is 0 Å². The van der Waals surface area contributed by atoms with Crippen molar-refractivity contribution in [3.05, 3.63) is 47.0 Å². The van der Waals surface area contributed by atoms with Crippen LogP contribution in [0, 0.1) is 5.92 Å². The van der Waals surface area contributed by atoms with Crippen LogP contribution < -0.4 is 0 Å². The van der Waals surface area contributed by atoms with Crippen LogP contribution in [0.15, 0.2) is 30.3 Å². The first-order valence-electron chi connectivity index (χ1n) is 7.18. The zero-order valence-electron chi connectivity index (χ0n) is 11.7. The number of carbonyl (C=O) groups is 1. The zero-order valence-corrected chi connectivity index (χ0v) is 11.7. The van der Waals surface area contributed by atoms with E-state index in [0.29, 0.717) is 24.5 Å². The lowest BCUT2D eigenvalue weighted by Gasteiger charge is -2.17. The highest BCUT2D eigenvalue weighted by atomic mass is 16.1. The minimum Gasteiger partial charge on any atom is -0.299 e. The molecule has 0 saturated carbocycles. The average molecular weight is 252 g/mol.